The van der Waals surface area contributed by atoms with Crippen LogP contribution in [0, 0.1) is 0 Å². The van der Waals surface area contributed by atoms with Gasteiger partial charge in [0.15, 0.2) is 6.61 Å². The van der Waals surface area contributed by atoms with Crippen LogP contribution in [0.25, 0.3) is 0 Å². The van der Waals surface area contributed by atoms with E-state index in [4.69, 9.17) is 5.73 Å². The molecule has 1 aromatic heterocycles. The van der Waals surface area contributed by atoms with E-state index in [2.05, 4.69) is 15.0 Å². The van der Waals surface area contributed by atoms with E-state index >= 15 is 0 Å². The molecule has 22 heavy (non-hydrogen) atoms. The lowest BCUT2D eigenvalue weighted by Gasteiger charge is -2.09. The Labute approximate surface area is 138 Å². The SMILES string of the molecule is CC(N)CCC(=O)Nc1ccc(OCC(F)(F)F)nc1.Cl.Cl. The van der Waals surface area contributed by atoms with Gasteiger partial charge >= 0.3 is 6.18 Å². The van der Waals surface area contributed by atoms with Gasteiger partial charge in [0.25, 0.3) is 0 Å². The lowest BCUT2D eigenvalue weighted by Crippen LogP contribution is -2.20. The fourth-order valence-corrected chi connectivity index (χ4v) is 1.28. The average Bonchev–Trinajstić information content (AvgIpc) is 2.34. The molecule has 0 saturated carbocycles. The number of ether oxygens (including phenoxy) is 1. The molecule has 1 heterocycles. The standard InChI is InChI=1S/C12H16F3N3O2.2ClH/c1-8(16)2-4-10(19)18-9-3-5-11(17-6-9)20-7-12(13,14)15;;/h3,5-6,8H,2,4,7,16H2,1H3,(H,18,19);2*1H. The predicted octanol–water partition coefficient (Wildman–Crippen LogP) is 2.93. The summed E-state index contributed by atoms with van der Waals surface area (Å²) in [5.74, 6) is -0.385. The van der Waals surface area contributed by atoms with Crippen LogP contribution in [0.5, 0.6) is 5.88 Å². The van der Waals surface area contributed by atoms with Gasteiger partial charge in [-0.2, -0.15) is 13.2 Å². The van der Waals surface area contributed by atoms with Crippen molar-refractivity contribution in [2.75, 3.05) is 11.9 Å². The van der Waals surface area contributed by atoms with Gasteiger partial charge in [0.1, 0.15) is 0 Å². The predicted molar refractivity (Wildman–Crippen MR) is 81.8 cm³/mol. The minimum atomic E-state index is -4.41. The van der Waals surface area contributed by atoms with Gasteiger partial charge in [0.2, 0.25) is 11.8 Å². The van der Waals surface area contributed by atoms with E-state index in [-0.39, 0.29) is 49.1 Å². The summed E-state index contributed by atoms with van der Waals surface area (Å²) in [7, 11) is 0. The number of nitrogens with zero attached hydrogens (tertiary/aromatic N) is 1. The zero-order valence-corrected chi connectivity index (χ0v) is 13.4. The number of hydrogen-bond acceptors (Lipinski definition) is 4. The number of carbonyl (C=O) groups is 1. The third-order valence-corrected chi connectivity index (χ3v) is 2.23. The molecule has 0 aromatic carbocycles. The molecule has 0 spiro atoms. The van der Waals surface area contributed by atoms with Crippen molar-refractivity contribution in [3.8, 4) is 5.88 Å². The molecule has 0 fully saturated rings. The minimum Gasteiger partial charge on any atom is -0.468 e. The topological polar surface area (TPSA) is 77.2 Å². The van der Waals surface area contributed by atoms with Crippen LogP contribution >= 0.6 is 24.8 Å². The number of nitrogens with one attached hydrogen (secondary N) is 1. The number of rotatable bonds is 6. The Morgan fingerprint density at radius 2 is 2.05 bits per heavy atom. The Kier molecular flexibility index (Phi) is 11.0. The summed E-state index contributed by atoms with van der Waals surface area (Å²) in [5, 5.41) is 2.56. The van der Waals surface area contributed by atoms with E-state index in [0.717, 1.165) is 0 Å². The van der Waals surface area contributed by atoms with Gasteiger partial charge in [-0.1, -0.05) is 0 Å². The first-order valence-electron chi connectivity index (χ1n) is 5.97. The number of alkyl halides is 3. The zero-order valence-electron chi connectivity index (χ0n) is 11.7. The lowest BCUT2D eigenvalue weighted by atomic mass is 10.2. The van der Waals surface area contributed by atoms with E-state index in [0.29, 0.717) is 12.1 Å². The Morgan fingerprint density at radius 1 is 1.41 bits per heavy atom. The summed E-state index contributed by atoms with van der Waals surface area (Å²) in [6.07, 6.45) is -2.36. The maximum absolute atomic E-state index is 11.9. The number of halogens is 5. The number of amides is 1. The maximum atomic E-state index is 11.9. The first-order valence-corrected chi connectivity index (χ1v) is 5.97. The highest BCUT2D eigenvalue weighted by Gasteiger charge is 2.28. The summed E-state index contributed by atoms with van der Waals surface area (Å²) >= 11 is 0. The monoisotopic (exact) mass is 363 g/mol. The van der Waals surface area contributed by atoms with Crippen molar-refractivity contribution in [1.82, 2.24) is 4.98 Å². The van der Waals surface area contributed by atoms with Crippen molar-refractivity contribution < 1.29 is 22.7 Å². The molecular weight excluding hydrogens is 346 g/mol. The molecule has 1 unspecified atom stereocenters. The molecular formula is C12H18Cl2F3N3O2. The van der Waals surface area contributed by atoms with Crippen LogP contribution in [0.3, 0.4) is 0 Å². The van der Waals surface area contributed by atoms with Crippen molar-refractivity contribution in [3.05, 3.63) is 18.3 Å². The van der Waals surface area contributed by atoms with Crippen molar-refractivity contribution in [3.63, 3.8) is 0 Å². The van der Waals surface area contributed by atoms with E-state index in [1.807, 2.05) is 0 Å². The van der Waals surface area contributed by atoms with E-state index < -0.39 is 12.8 Å². The quantitative estimate of drug-likeness (QED) is 0.814. The van der Waals surface area contributed by atoms with Gasteiger partial charge in [-0.25, -0.2) is 4.98 Å². The Hall–Kier alpha value is -1.25. The van der Waals surface area contributed by atoms with Gasteiger partial charge in [-0.3, -0.25) is 4.79 Å². The van der Waals surface area contributed by atoms with Gasteiger partial charge in [-0.15, -0.1) is 24.8 Å². The van der Waals surface area contributed by atoms with Gasteiger partial charge in [-0.05, 0) is 19.4 Å². The fourth-order valence-electron chi connectivity index (χ4n) is 1.28. The van der Waals surface area contributed by atoms with E-state index in [9.17, 15) is 18.0 Å². The molecule has 0 aliphatic carbocycles. The molecule has 0 aliphatic heterocycles. The highest BCUT2D eigenvalue weighted by molar-refractivity contribution is 5.90. The van der Waals surface area contributed by atoms with E-state index in [1.165, 1.54) is 18.3 Å². The number of pyridine rings is 1. The molecule has 1 aromatic rings. The number of hydrogen-bond donors (Lipinski definition) is 2. The maximum Gasteiger partial charge on any atom is 0.422 e. The number of anilines is 1. The highest BCUT2D eigenvalue weighted by Crippen LogP contribution is 2.18. The number of nitrogens with two attached hydrogens (primary N) is 1. The van der Waals surface area contributed by atoms with Crippen LogP contribution in [0.15, 0.2) is 18.3 Å². The van der Waals surface area contributed by atoms with Gasteiger partial charge in [0.05, 0.1) is 11.9 Å². The minimum absolute atomic E-state index is 0. The van der Waals surface area contributed by atoms with Crippen LogP contribution in [0.2, 0.25) is 0 Å². The summed E-state index contributed by atoms with van der Waals surface area (Å²) in [6, 6.07) is 2.60. The summed E-state index contributed by atoms with van der Waals surface area (Å²) in [6.45, 7) is 0.391. The van der Waals surface area contributed by atoms with Crippen LogP contribution < -0.4 is 15.8 Å². The third kappa shape index (κ3) is 10.5. The highest BCUT2D eigenvalue weighted by atomic mass is 35.5. The van der Waals surface area contributed by atoms with Gasteiger partial charge < -0.3 is 15.8 Å². The largest absolute Gasteiger partial charge is 0.468 e. The molecule has 10 heteroatoms. The zero-order chi connectivity index (χ0) is 15.2. The Morgan fingerprint density at radius 3 is 2.50 bits per heavy atom. The fraction of sp³-hybridized carbons (Fsp3) is 0.500. The van der Waals surface area contributed by atoms with Crippen molar-refractivity contribution in [1.29, 1.82) is 0 Å². The molecule has 128 valence electrons. The van der Waals surface area contributed by atoms with Crippen molar-refractivity contribution in [2.24, 2.45) is 5.73 Å². The Balaban J connectivity index is 0. The normalized spacial score (nSPS) is 11.7. The second-order valence-electron chi connectivity index (χ2n) is 4.35. The summed E-state index contributed by atoms with van der Waals surface area (Å²) < 4.78 is 40.2. The van der Waals surface area contributed by atoms with E-state index in [1.54, 1.807) is 6.92 Å². The average molecular weight is 364 g/mol. The van der Waals surface area contributed by atoms with Gasteiger partial charge in [0, 0.05) is 18.5 Å². The van der Waals surface area contributed by atoms with Crippen LogP contribution in [0.1, 0.15) is 19.8 Å². The third-order valence-electron chi connectivity index (χ3n) is 2.23. The first-order chi connectivity index (χ1) is 9.26. The lowest BCUT2D eigenvalue weighted by molar-refractivity contribution is -0.154. The second kappa shape index (κ2) is 10.5. The number of aromatic nitrogens is 1. The molecule has 3 N–H and O–H groups in total. The molecule has 0 radical (unpaired) electrons. The molecule has 0 bridgehead atoms. The summed E-state index contributed by atoms with van der Waals surface area (Å²) in [5.41, 5.74) is 5.91. The second-order valence-corrected chi connectivity index (χ2v) is 4.35. The molecule has 1 atom stereocenters. The molecule has 0 aliphatic rings. The molecule has 0 saturated heterocycles. The number of carbonyl (C=O) groups excluding carboxylic acids is 1. The summed E-state index contributed by atoms with van der Waals surface area (Å²) in [4.78, 5) is 15.2. The van der Waals surface area contributed by atoms with Crippen molar-refractivity contribution >= 4 is 36.4 Å². The van der Waals surface area contributed by atoms with Crippen LogP contribution in [0.4, 0.5) is 18.9 Å². The Bertz CT molecular complexity index is 442. The van der Waals surface area contributed by atoms with Crippen molar-refractivity contribution in [2.45, 2.75) is 32.0 Å². The molecule has 1 rings (SSSR count). The molecule has 5 nitrogen and oxygen atoms in total. The van der Waals surface area contributed by atoms with Crippen LogP contribution in [-0.2, 0) is 4.79 Å². The molecule has 1 amide bonds. The van der Waals surface area contributed by atoms with Crippen LogP contribution in [-0.4, -0.2) is 29.7 Å². The smallest absolute Gasteiger partial charge is 0.422 e. The first kappa shape index (κ1) is 23.0.